The molecule has 0 aliphatic carbocycles. The summed E-state index contributed by atoms with van der Waals surface area (Å²) in [6, 6.07) is 4.79. The summed E-state index contributed by atoms with van der Waals surface area (Å²) in [5.41, 5.74) is 0. The van der Waals surface area contributed by atoms with E-state index < -0.39 is 0 Å². The van der Waals surface area contributed by atoms with Gasteiger partial charge in [-0.2, -0.15) is 0 Å². The predicted octanol–water partition coefficient (Wildman–Crippen LogP) is 2.68. The van der Waals surface area contributed by atoms with Crippen molar-refractivity contribution in [1.82, 2.24) is 5.32 Å². The lowest BCUT2D eigenvalue weighted by Gasteiger charge is -2.14. The molecule has 0 saturated heterocycles. The van der Waals surface area contributed by atoms with E-state index in [9.17, 15) is 0 Å². The molecule has 1 aromatic heterocycles. The minimum Gasteiger partial charge on any atom is -0.385 e. The Bertz CT molecular complexity index is 264. The van der Waals surface area contributed by atoms with Crippen LogP contribution in [0.25, 0.3) is 0 Å². The Labute approximate surface area is 97.8 Å². The van der Waals surface area contributed by atoms with Gasteiger partial charge in [-0.05, 0) is 48.0 Å². The van der Waals surface area contributed by atoms with Crippen molar-refractivity contribution >= 4 is 27.3 Å². The van der Waals surface area contributed by atoms with Gasteiger partial charge in [-0.15, -0.1) is 11.3 Å². The fraction of sp³-hybridized carbons (Fsp3) is 0.600. The number of halogens is 1. The largest absolute Gasteiger partial charge is 0.385 e. The van der Waals surface area contributed by atoms with E-state index in [-0.39, 0.29) is 0 Å². The second kappa shape index (κ2) is 6.56. The average Bonchev–Trinajstić information content (AvgIpc) is 2.58. The Kier molecular flexibility index (Phi) is 5.70. The Morgan fingerprint density at radius 1 is 1.57 bits per heavy atom. The van der Waals surface area contributed by atoms with Crippen LogP contribution in [0.3, 0.4) is 0 Å². The summed E-state index contributed by atoms with van der Waals surface area (Å²) < 4.78 is 6.27. The molecule has 0 aromatic carbocycles. The van der Waals surface area contributed by atoms with Crippen molar-refractivity contribution in [2.45, 2.75) is 18.9 Å². The Morgan fingerprint density at radius 2 is 2.36 bits per heavy atom. The Balaban J connectivity index is 2.40. The number of hydrogen-bond acceptors (Lipinski definition) is 3. The van der Waals surface area contributed by atoms with Crippen molar-refractivity contribution in [3.63, 3.8) is 0 Å². The molecular formula is C10H16BrNOS. The highest BCUT2D eigenvalue weighted by molar-refractivity contribution is 9.11. The SMILES string of the molecule is CNC(CCOC)Cc1ccc(Br)s1. The third-order valence-corrected chi connectivity index (χ3v) is 3.80. The maximum Gasteiger partial charge on any atom is 0.0701 e. The molecule has 1 heterocycles. The van der Waals surface area contributed by atoms with E-state index in [1.807, 2.05) is 7.05 Å². The summed E-state index contributed by atoms with van der Waals surface area (Å²) in [5.74, 6) is 0. The van der Waals surface area contributed by atoms with Crippen LogP contribution in [0.1, 0.15) is 11.3 Å². The second-order valence-corrected chi connectivity index (χ2v) is 5.72. The second-order valence-electron chi connectivity index (χ2n) is 3.18. The molecule has 1 unspecified atom stereocenters. The van der Waals surface area contributed by atoms with Gasteiger partial charge in [-0.3, -0.25) is 0 Å². The van der Waals surface area contributed by atoms with E-state index in [1.165, 1.54) is 8.66 Å². The van der Waals surface area contributed by atoms with Gasteiger partial charge in [-0.25, -0.2) is 0 Å². The molecule has 0 saturated carbocycles. The van der Waals surface area contributed by atoms with Crippen LogP contribution in [-0.2, 0) is 11.2 Å². The minimum absolute atomic E-state index is 0.514. The fourth-order valence-electron chi connectivity index (χ4n) is 1.31. The molecule has 0 bridgehead atoms. The first kappa shape index (κ1) is 12.2. The van der Waals surface area contributed by atoms with Crippen LogP contribution in [0.15, 0.2) is 15.9 Å². The third-order valence-electron chi connectivity index (χ3n) is 2.16. The smallest absolute Gasteiger partial charge is 0.0701 e. The van der Waals surface area contributed by atoms with Gasteiger partial charge < -0.3 is 10.1 Å². The first-order valence-corrected chi connectivity index (χ1v) is 6.27. The van der Waals surface area contributed by atoms with E-state index in [0.29, 0.717) is 6.04 Å². The summed E-state index contributed by atoms with van der Waals surface area (Å²) in [4.78, 5) is 1.41. The van der Waals surface area contributed by atoms with Gasteiger partial charge >= 0.3 is 0 Å². The van der Waals surface area contributed by atoms with E-state index in [2.05, 4.69) is 33.4 Å². The van der Waals surface area contributed by atoms with Gasteiger partial charge in [0.25, 0.3) is 0 Å². The first-order chi connectivity index (χ1) is 6.76. The molecule has 0 aliphatic heterocycles. The van der Waals surface area contributed by atoms with Gasteiger partial charge in [0.1, 0.15) is 0 Å². The molecule has 1 atom stereocenters. The number of hydrogen-bond donors (Lipinski definition) is 1. The minimum atomic E-state index is 0.514. The number of nitrogens with one attached hydrogen (secondary N) is 1. The number of methoxy groups -OCH3 is 1. The number of likely N-dealkylation sites (N-methyl/N-ethyl adjacent to an activating group) is 1. The lowest BCUT2D eigenvalue weighted by atomic mass is 10.1. The van der Waals surface area contributed by atoms with Gasteiger partial charge in [0.05, 0.1) is 3.79 Å². The molecule has 0 amide bonds. The van der Waals surface area contributed by atoms with Crippen molar-refractivity contribution in [1.29, 1.82) is 0 Å². The van der Waals surface area contributed by atoms with Gasteiger partial charge in [0, 0.05) is 24.6 Å². The monoisotopic (exact) mass is 277 g/mol. The van der Waals surface area contributed by atoms with Crippen LogP contribution >= 0.6 is 27.3 Å². The number of ether oxygens (including phenoxy) is 1. The maximum absolute atomic E-state index is 5.07. The first-order valence-electron chi connectivity index (χ1n) is 4.66. The summed E-state index contributed by atoms with van der Waals surface area (Å²) in [6.45, 7) is 0.818. The van der Waals surface area contributed by atoms with Crippen LogP contribution in [0.5, 0.6) is 0 Å². The summed E-state index contributed by atoms with van der Waals surface area (Å²) >= 11 is 5.27. The third kappa shape index (κ3) is 4.09. The lowest BCUT2D eigenvalue weighted by Crippen LogP contribution is -2.28. The normalized spacial score (nSPS) is 13.1. The molecule has 14 heavy (non-hydrogen) atoms. The van der Waals surface area contributed by atoms with Crippen molar-refractivity contribution in [2.24, 2.45) is 0 Å². The van der Waals surface area contributed by atoms with Crippen LogP contribution in [0.2, 0.25) is 0 Å². The molecular weight excluding hydrogens is 262 g/mol. The molecule has 4 heteroatoms. The van der Waals surface area contributed by atoms with E-state index in [4.69, 9.17) is 4.74 Å². The summed E-state index contributed by atoms with van der Waals surface area (Å²) in [5, 5.41) is 3.31. The zero-order valence-corrected chi connectivity index (χ0v) is 11.0. The van der Waals surface area contributed by atoms with Gasteiger partial charge in [0.15, 0.2) is 0 Å². The fourth-order valence-corrected chi connectivity index (χ4v) is 2.88. The molecule has 80 valence electrons. The standard InChI is InChI=1S/C10H16BrNOS/c1-12-8(5-6-13-2)7-9-3-4-10(11)14-9/h3-4,8,12H,5-7H2,1-2H3. The lowest BCUT2D eigenvalue weighted by molar-refractivity contribution is 0.184. The van der Waals surface area contributed by atoms with Crippen LogP contribution in [0.4, 0.5) is 0 Å². The van der Waals surface area contributed by atoms with E-state index >= 15 is 0 Å². The molecule has 1 aromatic rings. The quantitative estimate of drug-likeness (QED) is 0.863. The molecule has 2 nitrogen and oxygen atoms in total. The highest BCUT2D eigenvalue weighted by Gasteiger charge is 2.08. The zero-order valence-electron chi connectivity index (χ0n) is 8.55. The Morgan fingerprint density at radius 3 is 2.86 bits per heavy atom. The van der Waals surface area contributed by atoms with E-state index in [0.717, 1.165) is 19.4 Å². The van der Waals surface area contributed by atoms with Crippen molar-refractivity contribution in [3.8, 4) is 0 Å². The van der Waals surface area contributed by atoms with Gasteiger partial charge in [-0.1, -0.05) is 0 Å². The highest BCUT2D eigenvalue weighted by Crippen LogP contribution is 2.23. The summed E-state index contributed by atoms with van der Waals surface area (Å²) in [7, 11) is 3.75. The molecule has 0 fully saturated rings. The molecule has 0 radical (unpaired) electrons. The molecule has 1 rings (SSSR count). The van der Waals surface area contributed by atoms with Crippen molar-refractivity contribution in [2.75, 3.05) is 20.8 Å². The van der Waals surface area contributed by atoms with Crippen LogP contribution in [0, 0.1) is 0 Å². The highest BCUT2D eigenvalue weighted by atomic mass is 79.9. The predicted molar refractivity (Wildman–Crippen MR) is 65.1 cm³/mol. The number of rotatable bonds is 6. The van der Waals surface area contributed by atoms with E-state index in [1.54, 1.807) is 18.4 Å². The Hall–Kier alpha value is 0.1000. The van der Waals surface area contributed by atoms with Gasteiger partial charge in [0.2, 0.25) is 0 Å². The van der Waals surface area contributed by atoms with Crippen molar-refractivity contribution in [3.05, 3.63) is 20.8 Å². The maximum atomic E-state index is 5.07. The van der Waals surface area contributed by atoms with Crippen LogP contribution < -0.4 is 5.32 Å². The number of thiophene rings is 1. The van der Waals surface area contributed by atoms with Crippen LogP contribution in [-0.4, -0.2) is 26.8 Å². The average molecular weight is 278 g/mol. The zero-order chi connectivity index (χ0) is 10.4. The topological polar surface area (TPSA) is 21.3 Å². The molecule has 0 aliphatic rings. The molecule has 0 spiro atoms. The van der Waals surface area contributed by atoms with Crippen molar-refractivity contribution < 1.29 is 4.74 Å². The summed E-state index contributed by atoms with van der Waals surface area (Å²) in [6.07, 6.45) is 2.14. The molecule has 1 N–H and O–H groups in total.